The van der Waals surface area contributed by atoms with Gasteiger partial charge >= 0.3 is 5.97 Å². The summed E-state index contributed by atoms with van der Waals surface area (Å²) in [7, 11) is -2.45. The second kappa shape index (κ2) is 9.72. The Morgan fingerprint density at radius 1 is 1.15 bits per heavy atom. The van der Waals surface area contributed by atoms with Crippen LogP contribution in [-0.2, 0) is 21.4 Å². The predicted molar refractivity (Wildman–Crippen MR) is 119 cm³/mol. The molecule has 0 N–H and O–H groups in total. The molecule has 174 valence electrons. The molecule has 4 rings (SSSR count). The van der Waals surface area contributed by atoms with Crippen molar-refractivity contribution in [2.24, 2.45) is 0 Å². The molecule has 1 aliphatic rings. The molecule has 0 spiro atoms. The maximum Gasteiger partial charge on any atom is 0.338 e. The van der Waals surface area contributed by atoms with Crippen LogP contribution in [-0.4, -0.2) is 48.6 Å². The summed E-state index contributed by atoms with van der Waals surface area (Å²) in [4.78, 5) is 12.6. The molecule has 0 radical (unpaired) electrons. The van der Waals surface area contributed by atoms with Crippen molar-refractivity contribution in [2.75, 3.05) is 13.7 Å². The van der Waals surface area contributed by atoms with E-state index in [1.807, 2.05) is 37.3 Å². The second-order valence-electron chi connectivity index (χ2n) is 7.77. The van der Waals surface area contributed by atoms with E-state index >= 15 is 0 Å². The van der Waals surface area contributed by atoms with Crippen LogP contribution in [0.1, 0.15) is 42.4 Å². The van der Waals surface area contributed by atoms with Crippen LogP contribution in [0.15, 0.2) is 57.8 Å². The van der Waals surface area contributed by atoms with Gasteiger partial charge in [0.05, 0.1) is 12.7 Å². The SMILES string of the molecule is COc1ccc(C(=O)OCc2nnc(-c3ccccc3)o2)cc1S(=O)(=O)N1CCCC[C@H]1C. The molecule has 1 fully saturated rings. The van der Waals surface area contributed by atoms with Gasteiger partial charge in [0.1, 0.15) is 10.6 Å². The van der Waals surface area contributed by atoms with E-state index in [0.717, 1.165) is 24.8 Å². The number of rotatable bonds is 7. The number of methoxy groups -OCH3 is 1. The molecule has 0 aliphatic carbocycles. The molecule has 10 heteroatoms. The first-order valence-corrected chi connectivity index (χ1v) is 12.1. The number of carbonyl (C=O) groups is 1. The minimum atomic E-state index is -3.84. The number of benzene rings is 2. The molecule has 9 nitrogen and oxygen atoms in total. The predicted octanol–water partition coefficient (Wildman–Crippen LogP) is 3.67. The van der Waals surface area contributed by atoms with Crippen molar-refractivity contribution in [2.45, 2.75) is 43.7 Å². The van der Waals surface area contributed by atoms with Gasteiger partial charge in [0, 0.05) is 18.2 Å². The molecular formula is C23H25N3O6S. The van der Waals surface area contributed by atoms with Crippen LogP contribution in [0.2, 0.25) is 0 Å². The van der Waals surface area contributed by atoms with Crippen LogP contribution in [0.3, 0.4) is 0 Å². The van der Waals surface area contributed by atoms with Crippen LogP contribution < -0.4 is 4.74 Å². The molecule has 0 bridgehead atoms. The third kappa shape index (κ3) is 4.91. The van der Waals surface area contributed by atoms with E-state index in [0.29, 0.717) is 12.4 Å². The van der Waals surface area contributed by atoms with Gasteiger partial charge in [-0.25, -0.2) is 13.2 Å². The number of hydrogen-bond acceptors (Lipinski definition) is 8. The lowest BCUT2D eigenvalue weighted by Crippen LogP contribution is -2.42. The van der Waals surface area contributed by atoms with Crippen molar-refractivity contribution >= 4 is 16.0 Å². The first-order chi connectivity index (χ1) is 15.9. The van der Waals surface area contributed by atoms with Crippen LogP contribution in [0.25, 0.3) is 11.5 Å². The molecule has 2 aromatic carbocycles. The lowest BCUT2D eigenvalue weighted by Gasteiger charge is -2.32. The average Bonchev–Trinajstić information content (AvgIpc) is 3.32. The van der Waals surface area contributed by atoms with E-state index < -0.39 is 16.0 Å². The second-order valence-corrected chi connectivity index (χ2v) is 9.63. The minimum absolute atomic E-state index is 0.0580. The first-order valence-electron chi connectivity index (χ1n) is 10.6. The minimum Gasteiger partial charge on any atom is -0.495 e. The summed E-state index contributed by atoms with van der Waals surface area (Å²) < 4.78 is 44.2. The van der Waals surface area contributed by atoms with Gasteiger partial charge in [-0.3, -0.25) is 0 Å². The largest absolute Gasteiger partial charge is 0.495 e. The maximum atomic E-state index is 13.3. The molecule has 1 saturated heterocycles. The highest BCUT2D eigenvalue weighted by atomic mass is 32.2. The molecule has 1 atom stereocenters. The highest BCUT2D eigenvalue weighted by molar-refractivity contribution is 7.89. The van der Waals surface area contributed by atoms with E-state index in [2.05, 4.69) is 10.2 Å². The normalized spacial score (nSPS) is 17.0. The smallest absolute Gasteiger partial charge is 0.338 e. The molecule has 3 aromatic rings. The van der Waals surface area contributed by atoms with Crippen LogP contribution in [0.4, 0.5) is 0 Å². The zero-order valence-electron chi connectivity index (χ0n) is 18.4. The number of aromatic nitrogens is 2. The molecule has 0 amide bonds. The number of carbonyl (C=O) groups excluding carboxylic acids is 1. The molecule has 2 heterocycles. The number of sulfonamides is 1. The van der Waals surface area contributed by atoms with Crippen molar-refractivity contribution in [1.29, 1.82) is 0 Å². The summed E-state index contributed by atoms with van der Waals surface area (Å²) in [5, 5.41) is 7.85. The lowest BCUT2D eigenvalue weighted by atomic mass is 10.1. The van der Waals surface area contributed by atoms with Crippen molar-refractivity contribution < 1.29 is 27.1 Å². The Hall–Kier alpha value is -3.24. The summed E-state index contributed by atoms with van der Waals surface area (Å²) >= 11 is 0. The zero-order chi connectivity index (χ0) is 23.4. The quantitative estimate of drug-likeness (QED) is 0.480. The first kappa shape index (κ1) is 22.9. The van der Waals surface area contributed by atoms with Gasteiger partial charge < -0.3 is 13.9 Å². The Balaban J connectivity index is 1.51. The number of piperidine rings is 1. The van der Waals surface area contributed by atoms with Gasteiger partial charge in [-0.2, -0.15) is 4.31 Å². The van der Waals surface area contributed by atoms with Gasteiger partial charge in [-0.1, -0.05) is 24.6 Å². The Morgan fingerprint density at radius 2 is 1.94 bits per heavy atom. The maximum absolute atomic E-state index is 13.3. The standard InChI is InChI=1S/C23H25N3O6S/c1-16-8-6-7-13-26(16)33(28,29)20-14-18(11-12-19(20)30-2)23(27)31-15-21-24-25-22(32-21)17-9-4-3-5-10-17/h3-5,9-12,14,16H,6-8,13,15H2,1-2H3/t16-/m1/s1. The number of nitrogens with zero attached hydrogens (tertiary/aromatic N) is 3. The summed E-state index contributed by atoms with van der Waals surface area (Å²) in [5.41, 5.74) is 0.835. The molecule has 33 heavy (non-hydrogen) atoms. The highest BCUT2D eigenvalue weighted by Gasteiger charge is 2.33. The van der Waals surface area contributed by atoms with Gasteiger partial charge in [0.25, 0.3) is 5.89 Å². The topological polar surface area (TPSA) is 112 Å². The average molecular weight is 472 g/mol. The summed E-state index contributed by atoms with van der Waals surface area (Å²) in [6, 6.07) is 13.3. The third-order valence-electron chi connectivity index (χ3n) is 5.54. The van der Waals surface area contributed by atoms with Gasteiger partial charge in [-0.15, -0.1) is 10.2 Å². The fourth-order valence-corrected chi connectivity index (χ4v) is 5.66. The van der Waals surface area contributed by atoms with Crippen molar-refractivity contribution in [3.05, 3.63) is 60.0 Å². The van der Waals surface area contributed by atoms with Crippen molar-refractivity contribution in [3.8, 4) is 17.2 Å². The fourth-order valence-electron chi connectivity index (χ4n) is 3.78. The van der Waals surface area contributed by atoms with Crippen molar-refractivity contribution in [3.63, 3.8) is 0 Å². The van der Waals surface area contributed by atoms with E-state index in [9.17, 15) is 13.2 Å². The van der Waals surface area contributed by atoms with E-state index in [4.69, 9.17) is 13.9 Å². The molecular weight excluding hydrogens is 446 g/mol. The van der Waals surface area contributed by atoms with Crippen LogP contribution >= 0.6 is 0 Å². The van der Waals surface area contributed by atoms with E-state index in [-0.39, 0.29) is 34.7 Å². The summed E-state index contributed by atoms with van der Waals surface area (Å²) in [5.74, 6) is -0.0881. The van der Waals surface area contributed by atoms with Gasteiger partial charge in [0.15, 0.2) is 6.61 Å². The van der Waals surface area contributed by atoms with Gasteiger partial charge in [-0.05, 0) is 50.1 Å². The number of hydrogen-bond donors (Lipinski definition) is 0. The molecule has 1 aromatic heterocycles. The Morgan fingerprint density at radius 3 is 2.67 bits per heavy atom. The Bertz CT molecular complexity index is 1230. The highest BCUT2D eigenvalue weighted by Crippen LogP contribution is 2.32. The van der Waals surface area contributed by atoms with Crippen LogP contribution in [0.5, 0.6) is 5.75 Å². The summed E-state index contributed by atoms with van der Waals surface area (Å²) in [6.45, 7) is 2.08. The summed E-state index contributed by atoms with van der Waals surface area (Å²) in [6.07, 6.45) is 2.57. The Labute approximate surface area is 192 Å². The lowest BCUT2D eigenvalue weighted by molar-refractivity contribution is 0.0438. The van der Waals surface area contributed by atoms with Gasteiger partial charge in [0.2, 0.25) is 15.9 Å². The van der Waals surface area contributed by atoms with E-state index in [1.54, 1.807) is 0 Å². The third-order valence-corrected chi connectivity index (χ3v) is 7.58. The van der Waals surface area contributed by atoms with Crippen LogP contribution in [0, 0.1) is 0 Å². The number of esters is 1. The molecule has 0 unspecified atom stereocenters. The fraction of sp³-hybridized carbons (Fsp3) is 0.348. The van der Waals surface area contributed by atoms with Crippen molar-refractivity contribution in [1.82, 2.24) is 14.5 Å². The molecule has 1 aliphatic heterocycles. The molecule has 0 saturated carbocycles. The Kier molecular flexibility index (Phi) is 6.75. The number of ether oxygens (including phenoxy) is 2. The monoisotopic (exact) mass is 471 g/mol. The zero-order valence-corrected chi connectivity index (χ0v) is 19.2. The van der Waals surface area contributed by atoms with E-state index in [1.165, 1.54) is 29.6 Å².